The second-order valence-corrected chi connectivity index (χ2v) is 5.38. The number of amides is 1. The Balaban J connectivity index is 1.59. The van der Waals surface area contributed by atoms with Crippen LogP contribution in [0.15, 0.2) is 60.7 Å². The van der Waals surface area contributed by atoms with Crippen LogP contribution in [0.1, 0.15) is 18.4 Å². The Bertz CT molecular complexity index is 554. The molecular weight excluding hydrogens is 272 g/mol. The van der Waals surface area contributed by atoms with E-state index in [4.69, 9.17) is 0 Å². The Labute approximate surface area is 133 Å². The quantitative estimate of drug-likeness (QED) is 0.758. The van der Waals surface area contributed by atoms with E-state index in [9.17, 15) is 4.79 Å². The standard InChI is InChI=1S/C19H24N2O/c1-21(18-12-6-3-7-13-18)19(22)14-16-20-15-8-11-17-9-4-2-5-10-17/h2-7,9-10,12-13,20H,8,11,14-16H2,1H3. The number of nitrogens with one attached hydrogen (secondary N) is 1. The third kappa shape index (κ3) is 5.34. The molecule has 0 atom stereocenters. The maximum atomic E-state index is 12.1. The molecule has 2 rings (SSSR count). The summed E-state index contributed by atoms with van der Waals surface area (Å²) in [6, 6.07) is 20.2. The average Bonchev–Trinajstić information content (AvgIpc) is 2.58. The third-order valence-corrected chi connectivity index (χ3v) is 3.70. The van der Waals surface area contributed by atoms with Crippen LogP contribution in [0.3, 0.4) is 0 Å². The highest BCUT2D eigenvalue weighted by Crippen LogP contribution is 2.11. The summed E-state index contributed by atoms with van der Waals surface area (Å²) in [6.07, 6.45) is 2.69. The van der Waals surface area contributed by atoms with Crippen molar-refractivity contribution in [3.8, 4) is 0 Å². The summed E-state index contributed by atoms with van der Waals surface area (Å²) in [6.45, 7) is 1.67. The fraction of sp³-hybridized carbons (Fsp3) is 0.316. The molecule has 0 aliphatic rings. The number of carbonyl (C=O) groups excluding carboxylic acids is 1. The number of para-hydroxylation sites is 1. The van der Waals surface area contributed by atoms with Crippen molar-refractivity contribution in [2.45, 2.75) is 19.3 Å². The molecule has 116 valence electrons. The lowest BCUT2D eigenvalue weighted by atomic mass is 10.1. The molecule has 1 N–H and O–H groups in total. The van der Waals surface area contributed by atoms with Crippen LogP contribution in [0, 0.1) is 0 Å². The second kappa shape index (κ2) is 9.00. The Hall–Kier alpha value is -2.13. The molecule has 0 saturated carbocycles. The zero-order valence-corrected chi connectivity index (χ0v) is 13.2. The van der Waals surface area contributed by atoms with Gasteiger partial charge in [-0.2, -0.15) is 0 Å². The minimum atomic E-state index is 0.141. The van der Waals surface area contributed by atoms with Gasteiger partial charge in [0.15, 0.2) is 0 Å². The fourth-order valence-corrected chi connectivity index (χ4v) is 2.35. The molecule has 0 spiro atoms. The molecule has 3 heteroatoms. The fourth-order valence-electron chi connectivity index (χ4n) is 2.35. The molecular formula is C19H24N2O. The molecule has 0 fully saturated rings. The van der Waals surface area contributed by atoms with Crippen molar-refractivity contribution < 1.29 is 4.79 Å². The smallest absolute Gasteiger partial charge is 0.227 e. The number of carbonyl (C=O) groups is 1. The van der Waals surface area contributed by atoms with Crippen molar-refractivity contribution in [1.29, 1.82) is 0 Å². The molecule has 0 radical (unpaired) electrons. The highest BCUT2D eigenvalue weighted by molar-refractivity contribution is 5.92. The van der Waals surface area contributed by atoms with E-state index in [1.807, 2.05) is 43.4 Å². The van der Waals surface area contributed by atoms with E-state index >= 15 is 0 Å². The molecule has 0 bridgehead atoms. The van der Waals surface area contributed by atoms with Crippen LogP contribution < -0.4 is 10.2 Å². The van der Waals surface area contributed by atoms with Crippen LogP contribution in [0.5, 0.6) is 0 Å². The Morgan fingerprint density at radius 3 is 2.27 bits per heavy atom. The first-order valence-electron chi connectivity index (χ1n) is 7.83. The maximum Gasteiger partial charge on any atom is 0.227 e. The first-order valence-corrected chi connectivity index (χ1v) is 7.83. The van der Waals surface area contributed by atoms with E-state index in [0.29, 0.717) is 6.42 Å². The third-order valence-electron chi connectivity index (χ3n) is 3.70. The molecule has 0 heterocycles. The zero-order chi connectivity index (χ0) is 15.6. The van der Waals surface area contributed by atoms with Gasteiger partial charge in [0.25, 0.3) is 0 Å². The molecule has 2 aromatic carbocycles. The maximum absolute atomic E-state index is 12.1. The summed E-state index contributed by atoms with van der Waals surface area (Å²) >= 11 is 0. The SMILES string of the molecule is CN(C(=O)CCNCCCc1ccccc1)c1ccccc1. The predicted molar refractivity (Wildman–Crippen MR) is 92.1 cm³/mol. The van der Waals surface area contributed by atoms with E-state index in [1.165, 1.54) is 5.56 Å². The summed E-state index contributed by atoms with van der Waals surface area (Å²) < 4.78 is 0. The van der Waals surface area contributed by atoms with Crippen LogP contribution >= 0.6 is 0 Å². The molecule has 0 aliphatic carbocycles. The van der Waals surface area contributed by atoms with Gasteiger partial charge in [-0.25, -0.2) is 0 Å². The van der Waals surface area contributed by atoms with Crippen molar-refractivity contribution >= 4 is 11.6 Å². The van der Waals surface area contributed by atoms with Crippen LogP contribution in [-0.2, 0) is 11.2 Å². The highest BCUT2D eigenvalue weighted by atomic mass is 16.2. The normalized spacial score (nSPS) is 10.4. The summed E-state index contributed by atoms with van der Waals surface area (Å²) in [5.41, 5.74) is 2.31. The van der Waals surface area contributed by atoms with Crippen LogP contribution in [0.4, 0.5) is 5.69 Å². The molecule has 22 heavy (non-hydrogen) atoms. The van der Waals surface area contributed by atoms with Gasteiger partial charge in [-0.05, 0) is 37.1 Å². The summed E-state index contributed by atoms with van der Waals surface area (Å²) in [5.74, 6) is 0.141. The van der Waals surface area contributed by atoms with E-state index < -0.39 is 0 Å². The number of benzene rings is 2. The molecule has 1 amide bonds. The number of aryl methyl sites for hydroxylation is 1. The average molecular weight is 296 g/mol. The monoisotopic (exact) mass is 296 g/mol. The summed E-state index contributed by atoms with van der Waals surface area (Å²) in [4.78, 5) is 13.8. The van der Waals surface area contributed by atoms with Gasteiger partial charge in [-0.15, -0.1) is 0 Å². The van der Waals surface area contributed by atoms with Crippen LogP contribution in [0.25, 0.3) is 0 Å². The van der Waals surface area contributed by atoms with Crippen molar-refractivity contribution in [3.05, 3.63) is 66.2 Å². The summed E-state index contributed by atoms with van der Waals surface area (Å²) in [7, 11) is 1.83. The zero-order valence-electron chi connectivity index (χ0n) is 13.2. The Morgan fingerprint density at radius 1 is 0.955 bits per heavy atom. The van der Waals surface area contributed by atoms with Gasteiger partial charge in [-0.3, -0.25) is 4.79 Å². The largest absolute Gasteiger partial charge is 0.316 e. The molecule has 3 nitrogen and oxygen atoms in total. The van der Waals surface area contributed by atoms with Gasteiger partial charge in [-0.1, -0.05) is 48.5 Å². The van der Waals surface area contributed by atoms with Gasteiger partial charge >= 0.3 is 0 Å². The van der Waals surface area contributed by atoms with E-state index in [2.05, 4.69) is 29.6 Å². The van der Waals surface area contributed by atoms with E-state index in [0.717, 1.165) is 31.6 Å². The predicted octanol–water partition coefficient (Wildman–Crippen LogP) is 3.26. The van der Waals surface area contributed by atoms with Crippen molar-refractivity contribution in [2.24, 2.45) is 0 Å². The first kappa shape index (κ1) is 16.2. The minimum absolute atomic E-state index is 0.141. The van der Waals surface area contributed by atoms with Crippen molar-refractivity contribution in [3.63, 3.8) is 0 Å². The van der Waals surface area contributed by atoms with Crippen LogP contribution in [-0.4, -0.2) is 26.0 Å². The Kier molecular flexibility index (Phi) is 6.65. The van der Waals surface area contributed by atoms with Gasteiger partial charge in [0.05, 0.1) is 0 Å². The molecule has 0 saturated heterocycles. The number of anilines is 1. The topological polar surface area (TPSA) is 32.3 Å². The van der Waals surface area contributed by atoms with Crippen molar-refractivity contribution in [2.75, 3.05) is 25.0 Å². The van der Waals surface area contributed by atoms with Crippen LogP contribution in [0.2, 0.25) is 0 Å². The minimum Gasteiger partial charge on any atom is -0.316 e. The van der Waals surface area contributed by atoms with Crippen molar-refractivity contribution in [1.82, 2.24) is 5.32 Å². The number of hydrogen-bond donors (Lipinski definition) is 1. The summed E-state index contributed by atoms with van der Waals surface area (Å²) in [5, 5.41) is 3.35. The van der Waals surface area contributed by atoms with Gasteiger partial charge in [0.2, 0.25) is 5.91 Å². The van der Waals surface area contributed by atoms with Gasteiger partial charge < -0.3 is 10.2 Å². The highest BCUT2D eigenvalue weighted by Gasteiger charge is 2.09. The van der Waals surface area contributed by atoms with Gasteiger partial charge in [0, 0.05) is 25.7 Å². The number of nitrogens with zero attached hydrogens (tertiary/aromatic N) is 1. The Morgan fingerprint density at radius 2 is 1.59 bits per heavy atom. The number of rotatable bonds is 8. The lowest BCUT2D eigenvalue weighted by Crippen LogP contribution is -2.30. The molecule has 0 aromatic heterocycles. The first-order chi connectivity index (χ1) is 10.8. The van der Waals surface area contributed by atoms with Gasteiger partial charge in [0.1, 0.15) is 0 Å². The van der Waals surface area contributed by atoms with E-state index in [-0.39, 0.29) is 5.91 Å². The second-order valence-electron chi connectivity index (χ2n) is 5.38. The molecule has 0 unspecified atom stereocenters. The lowest BCUT2D eigenvalue weighted by molar-refractivity contribution is -0.118. The number of hydrogen-bond acceptors (Lipinski definition) is 2. The van der Waals surface area contributed by atoms with E-state index in [1.54, 1.807) is 4.90 Å². The lowest BCUT2D eigenvalue weighted by Gasteiger charge is -2.17. The molecule has 2 aromatic rings. The molecule has 0 aliphatic heterocycles.